The van der Waals surface area contributed by atoms with Gasteiger partial charge in [0.05, 0.1) is 17.5 Å². The molecule has 3 rings (SSSR count). The summed E-state index contributed by atoms with van der Waals surface area (Å²) in [5, 5.41) is 2.40. The van der Waals surface area contributed by atoms with E-state index < -0.39 is 29.9 Å². The van der Waals surface area contributed by atoms with Gasteiger partial charge < -0.3 is 14.5 Å². The number of aromatic nitrogens is 1. The number of nitrogens with zero attached hydrogens (tertiary/aromatic N) is 1. The average molecular weight is 400 g/mol. The maximum atomic E-state index is 14.0. The number of amides is 1. The number of ether oxygens (including phenoxy) is 1. The lowest BCUT2D eigenvalue weighted by Gasteiger charge is -2.07. The van der Waals surface area contributed by atoms with E-state index >= 15 is 0 Å². The van der Waals surface area contributed by atoms with Crippen molar-refractivity contribution in [3.8, 4) is 0 Å². The number of carbonyl (C=O) groups is 3. The van der Waals surface area contributed by atoms with Gasteiger partial charge in [0.15, 0.2) is 12.2 Å². The molecule has 0 saturated heterocycles. The van der Waals surface area contributed by atoms with Crippen LogP contribution in [0.15, 0.2) is 51.7 Å². The summed E-state index contributed by atoms with van der Waals surface area (Å²) in [6.45, 7) is 0.649. The lowest BCUT2D eigenvalue weighted by molar-refractivity contribution is -0.142. The minimum atomic E-state index is -0.839. The summed E-state index contributed by atoms with van der Waals surface area (Å²) >= 11 is 0. The van der Waals surface area contributed by atoms with E-state index in [1.807, 2.05) is 0 Å². The fraction of sp³-hybridized carbons (Fsp3) is 0.200. The zero-order valence-corrected chi connectivity index (χ0v) is 15.4. The molecule has 0 bridgehead atoms. The quantitative estimate of drug-likeness (QED) is 0.482. The molecule has 29 heavy (non-hydrogen) atoms. The van der Waals surface area contributed by atoms with Crippen molar-refractivity contribution in [2.75, 3.05) is 11.9 Å². The van der Waals surface area contributed by atoms with Crippen molar-refractivity contribution >= 4 is 34.4 Å². The van der Waals surface area contributed by atoms with Gasteiger partial charge in [-0.15, -0.1) is 0 Å². The molecule has 0 fully saturated rings. The first-order chi connectivity index (χ1) is 13.8. The summed E-state index contributed by atoms with van der Waals surface area (Å²) in [5.74, 6) is -3.26. The number of fused-ring (bicyclic) bond motifs is 1. The van der Waals surface area contributed by atoms with Crippen LogP contribution in [0.5, 0.6) is 0 Å². The van der Waals surface area contributed by atoms with Crippen molar-refractivity contribution in [2.24, 2.45) is 0 Å². The summed E-state index contributed by atoms with van der Waals surface area (Å²) in [7, 11) is 0. The Labute approximate surface area is 163 Å². The molecule has 3 aromatic rings. The molecule has 150 valence electrons. The molecule has 0 saturated carbocycles. The van der Waals surface area contributed by atoms with Crippen LogP contribution in [0.1, 0.15) is 23.7 Å². The van der Waals surface area contributed by atoms with Crippen LogP contribution in [0.25, 0.3) is 11.1 Å². The van der Waals surface area contributed by atoms with Crippen LogP contribution in [0.2, 0.25) is 0 Å². The lowest BCUT2D eigenvalue weighted by Crippen LogP contribution is -2.20. The SMILES string of the molecule is CC(=O)Nc1ccc(C(=O)COC(=O)CCn2c(=O)oc3ccccc32)c(F)c1. The molecular formula is C20H17FN2O6. The van der Waals surface area contributed by atoms with Crippen molar-refractivity contribution < 1.29 is 27.9 Å². The zero-order valence-electron chi connectivity index (χ0n) is 15.4. The number of hydrogen-bond donors (Lipinski definition) is 1. The lowest BCUT2D eigenvalue weighted by atomic mass is 10.1. The van der Waals surface area contributed by atoms with E-state index in [2.05, 4.69) is 5.32 Å². The highest BCUT2D eigenvalue weighted by Crippen LogP contribution is 2.16. The smallest absolute Gasteiger partial charge is 0.419 e. The van der Waals surface area contributed by atoms with E-state index in [1.54, 1.807) is 24.3 Å². The Hall–Kier alpha value is -3.75. The number of nitrogens with one attached hydrogen (secondary N) is 1. The van der Waals surface area contributed by atoms with Crippen LogP contribution in [-0.2, 0) is 20.9 Å². The predicted molar refractivity (Wildman–Crippen MR) is 101 cm³/mol. The van der Waals surface area contributed by atoms with Crippen molar-refractivity contribution in [3.63, 3.8) is 0 Å². The third kappa shape index (κ3) is 4.75. The Morgan fingerprint density at radius 3 is 2.66 bits per heavy atom. The molecule has 0 radical (unpaired) electrons. The predicted octanol–water partition coefficient (Wildman–Crippen LogP) is 2.51. The summed E-state index contributed by atoms with van der Waals surface area (Å²) in [5.41, 5.74) is 0.896. The summed E-state index contributed by atoms with van der Waals surface area (Å²) in [6, 6.07) is 10.4. The topological polar surface area (TPSA) is 108 Å². The van der Waals surface area contributed by atoms with Crippen molar-refractivity contribution in [2.45, 2.75) is 19.9 Å². The molecule has 0 spiro atoms. The van der Waals surface area contributed by atoms with Crippen molar-refractivity contribution in [1.82, 2.24) is 4.57 Å². The van der Waals surface area contributed by atoms with Gasteiger partial charge in [0.2, 0.25) is 11.7 Å². The Morgan fingerprint density at radius 1 is 1.17 bits per heavy atom. The maximum Gasteiger partial charge on any atom is 0.419 e. The standard InChI is InChI=1S/C20H17FN2O6/c1-12(24)22-13-6-7-14(15(21)10-13)17(25)11-28-19(26)8-9-23-16-4-2-3-5-18(16)29-20(23)27/h2-7,10H,8-9,11H2,1H3,(H,22,24). The second-order valence-electron chi connectivity index (χ2n) is 6.20. The number of para-hydroxylation sites is 2. The summed E-state index contributed by atoms with van der Waals surface area (Å²) in [4.78, 5) is 46.8. The number of Topliss-reactive ketones (excluding diaryl/α,β-unsaturated/α-hetero) is 1. The summed E-state index contributed by atoms with van der Waals surface area (Å²) in [6.07, 6.45) is -0.166. The molecule has 1 heterocycles. The largest absolute Gasteiger partial charge is 0.457 e. The van der Waals surface area contributed by atoms with Gasteiger partial charge in [-0.05, 0) is 30.3 Å². The molecule has 0 aliphatic rings. The monoisotopic (exact) mass is 400 g/mol. The first kappa shape index (κ1) is 20.0. The number of halogens is 1. The number of rotatable bonds is 7. The number of anilines is 1. The molecule has 0 aliphatic carbocycles. The van der Waals surface area contributed by atoms with E-state index in [1.165, 1.54) is 23.6 Å². The molecule has 0 atom stereocenters. The Bertz CT molecular complexity index is 1150. The number of oxazole rings is 1. The van der Waals surface area contributed by atoms with Crippen molar-refractivity contribution in [3.05, 3.63) is 64.4 Å². The van der Waals surface area contributed by atoms with E-state index in [4.69, 9.17) is 9.15 Å². The molecule has 0 aliphatic heterocycles. The average Bonchev–Trinajstić information content (AvgIpc) is 2.99. The molecule has 1 amide bonds. The second kappa shape index (κ2) is 8.51. The first-order valence-electron chi connectivity index (χ1n) is 8.69. The second-order valence-corrected chi connectivity index (χ2v) is 6.20. The van der Waals surface area contributed by atoms with Crippen molar-refractivity contribution in [1.29, 1.82) is 0 Å². The van der Waals surface area contributed by atoms with E-state index in [0.717, 1.165) is 6.07 Å². The minimum Gasteiger partial charge on any atom is -0.457 e. The number of hydrogen-bond acceptors (Lipinski definition) is 6. The van der Waals surface area contributed by atoms with Gasteiger partial charge in [-0.2, -0.15) is 0 Å². The molecule has 8 nitrogen and oxygen atoms in total. The Kier molecular flexibility index (Phi) is 5.87. The number of esters is 1. The fourth-order valence-electron chi connectivity index (χ4n) is 2.75. The molecule has 1 N–H and O–H groups in total. The highest BCUT2D eigenvalue weighted by atomic mass is 19.1. The highest BCUT2D eigenvalue weighted by molar-refractivity contribution is 5.99. The van der Waals surface area contributed by atoms with Gasteiger partial charge in [-0.1, -0.05) is 12.1 Å². The van der Waals surface area contributed by atoms with Gasteiger partial charge >= 0.3 is 11.7 Å². The van der Waals surface area contributed by atoms with Crippen LogP contribution in [0.3, 0.4) is 0 Å². The van der Waals surface area contributed by atoms with Gasteiger partial charge in [0, 0.05) is 19.2 Å². The van der Waals surface area contributed by atoms with Crippen LogP contribution in [0, 0.1) is 5.82 Å². The normalized spacial score (nSPS) is 10.7. The third-order valence-electron chi connectivity index (χ3n) is 4.07. The van der Waals surface area contributed by atoms with Gasteiger partial charge in [-0.25, -0.2) is 9.18 Å². The molecule has 1 aromatic heterocycles. The van der Waals surface area contributed by atoms with Gasteiger partial charge in [-0.3, -0.25) is 19.0 Å². The fourth-order valence-corrected chi connectivity index (χ4v) is 2.75. The number of carbonyl (C=O) groups excluding carboxylic acids is 3. The van der Waals surface area contributed by atoms with Crippen LogP contribution in [0.4, 0.5) is 10.1 Å². The van der Waals surface area contributed by atoms with E-state index in [9.17, 15) is 23.6 Å². The molecule has 0 unspecified atom stereocenters. The molecular weight excluding hydrogens is 383 g/mol. The summed E-state index contributed by atoms with van der Waals surface area (Å²) < 4.78 is 25.3. The third-order valence-corrected chi connectivity index (χ3v) is 4.07. The Morgan fingerprint density at radius 2 is 1.93 bits per heavy atom. The van der Waals surface area contributed by atoms with Gasteiger partial charge in [0.25, 0.3) is 0 Å². The zero-order chi connectivity index (χ0) is 21.0. The minimum absolute atomic E-state index is 0.0165. The van der Waals surface area contributed by atoms with Gasteiger partial charge in [0.1, 0.15) is 5.82 Å². The number of ketones is 1. The highest BCUT2D eigenvalue weighted by Gasteiger charge is 2.16. The molecule has 2 aromatic carbocycles. The first-order valence-corrected chi connectivity index (χ1v) is 8.69. The van der Waals surface area contributed by atoms with E-state index in [-0.39, 0.29) is 30.1 Å². The number of benzene rings is 2. The number of aryl methyl sites for hydroxylation is 1. The van der Waals surface area contributed by atoms with Crippen LogP contribution in [-0.4, -0.2) is 28.8 Å². The maximum absolute atomic E-state index is 14.0. The van der Waals surface area contributed by atoms with Crippen LogP contribution < -0.4 is 11.1 Å². The molecule has 9 heteroatoms. The van der Waals surface area contributed by atoms with Crippen LogP contribution >= 0.6 is 0 Å². The van der Waals surface area contributed by atoms with E-state index in [0.29, 0.717) is 11.1 Å². The Balaban J connectivity index is 1.56.